The highest BCUT2D eigenvalue weighted by molar-refractivity contribution is 7.12. The third-order valence-electron chi connectivity index (χ3n) is 2.44. The summed E-state index contributed by atoms with van der Waals surface area (Å²) in [5, 5.41) is 4.40. The number of ether oxygens (including phenoxy) is 2. The lowest BCUT2D eigenvalue weighted by atomic mass is 10.0. The standard InChI is InChI=1S/C12H17NO4S/c1-7(2)10(12(15)17-4)13-11(14)9-5-8(16-3)6-18-9/h5-7,10H,1-4H3,(H,13,14). The van der Waals surface area contributed by atoms with Crippen molar-refractivity contribution in [2.45, 2.75) is 19.9 Å². The van der Waals surface area contributed by atoms with Crippen LogP contribution in [0.5, 0.6) is 5.75 Å². The molecule has 1 unspecified atom stereocenters. The van der Waals surface area contributed by atoms with Crippen LogP contribution >= 0.6 is 11.3 Å². The van der Waals surface area contributed by atoms with Crippen molar-refractivity contribution in [3.63, 3.8) is 0 Å². The topological polar surface area (TPSA) is 64.6 Å². The fraction of sp³-hybridized carbons (Fsp3) is 0.500. The molecule has 0 aliphatic rings. The Balaban J connectivity index is 2.75. The molecule has 1 N–H and O–H groups in total. The van der Waals surface area contributed by atoms with Gasteiger partial charge in [0.2, 0.25) is 0 Å². The van der Waals surface area contributed by atoms with Gasteiger partial charge in [0.15, 0.2) is 0 Å². The van der Waals surface area contributed by atoms with E-state index in [2.05, 4.69) is 10.1 Å². The average molecular weight is 271 g/mol. The van der Waals surface area contributed by atoms with Gasteiger partial charge in [0.25, 0.3) is 5.91 Å². The zero-order valence-electron chi connectivity index (χ0n) is 10.9. The maximum atomic E-state index is 11.9. The van der Waals surface area contributed by atoms with Crippen LogP contribution in [0, 0.1) is 5.92 Å². The molecule has 100 valence electrons. The molecule has 1 aromatic rings. The summed E-state index contributed by atoms with van der Waals surface area (Å²) < 4.78 is 9.67. The molecule has 1 aromatic heterocycles. The molecule has 1 rings (SSSR count). The van der Waals surface area contributed by atoms with Gasteiger partial charge in [0.1, 0.15) is 11.8 Å². The third-order valence-corrected chi connectivity index (χ3v) is 3.35. The SMILES string of the molecule is COC(=O)C(NC(=O)c1cc(OC)cs1)C(C)C. The number of carbonyl (C=O) groups excluding carboxylic acids is 2. The minimum Gasteiger partial charge on any atom is -0.496 e. The van der Waals surface area contributed by atoms with Crippen LogP contribution in [0.4, 0.5) is 0 Å². The van der Waals surface area contributed by atoms with Crippen LogP contribution in [0.1, 0.15) is 23.5 Å². The summed E-state index contributed by atoms with van der Waals surface area (Å²) in [7, 11) is 2.84. The van der Waals surface area contributed by atoms with Gasteiger partial charge in [0, 0.05) is 11.4 Å². The summed E-state index contributed by atoms with van der Waals surface area (Å²) in [6.45, 7) is 3.69. The van der Waals surface area contributed by atoms with Gasteiger partial charge < -0.3 is 14.8 Å². The number of thiophene rings is 1. The predicted octanol–water partition coefficient (Wildman–Crippen LogP) is 1.68. The minimum atomic E-state index is -0.643. The molecule has 5 nitrogen and oxygen atoms in total. The number of methoxy groups -OCH3 is 2. The number of rotatable bonds is 5. The van der Waals surface area contributed by atoms with Crippen molar-refractivity contribution in [1.29, 1.82) is 0 Å². The van der Waals surface area contributed by atoms with Crippen molar-refractivity contribution in [2.24, 2.45) is 5.92 Å². The van der Waals surface area contributed by atoms with Gasteiger partial charge in [-0.2, -0.15) is 0 Å². The maximum absolute atomic E-state index is 11.9. The fourth-order valence-corrected chi connectivity index (χ4v) is 2.14. The summed E-state index contributed by atoms with van der Waals surface area (Å²) in [4.78, 5) is 24.0. The van der Waals surface area contributed by atoms with Crippen LogP contribution in [-0.4, -0.2) is 32.1 Å². The number of nitrogens with one attached hydrogen (secondary N) is 1. The molecule has 0 aromatic carbocycles. The first-order valence-electron chi connectivity index (χ1n) is 5.50. The molecule has 1 heterocycles. The van der Waals surface area contributed by atoms with Gasteiger partial charge in [-0.25, -0.2) is 4.79 Å². The van der Waals surface area contributed by atoms with E-state index in [0.29, 0.717) is 10.6 Å². The molecule has 6 heteroatoms. The highest BCUT2D eigenvalue weighted by atomic mass is 32.1. The lowest BCUT2D eigenvalue weighted by molar-refractivity contribution is -0.144. The van der Waals surface area contributed by atoms with Crippen LogP contribution in [-0.2, 0) is 9.53 Å². The van der Waals surface area contributed by atoms with E-state index in [0.717, 1.165) is 0 Å². The summed E-state index contributed by atoms with van der Waals surface area (Å²) in [6, 6.07) is 0.991. The second-order valence-electron chi connectivity index (χ2n) is 4.07. The number of carbonyl (C=O) groups is 2. The van der Waals surface area contributed by atoms with E-state index in [4.69, 9.17) is 4.74 Å². The fourth-order valence-electron chi connectivity index (χ4n) is 1.38. The van der Waals surface area contributed by atoms with Gasteiger partial charge >= 0.3 is 5.97 Å². The van der Waals surface area contributed by atoms with Crippen molar-refractivity contribution in [2.75, 3.05) is 14.2 Å². The number of esters is 1. The normalized spacial score (nSPS) is 12.1. The monoisotopic (exact) mass is 271 g/mol. The van der Waals surface area contributed by atoms with Crippen LogP contribution in [0.3, 0.4) is 0 Å². The van der Waals surface area contributed by atoms with Crippen LogP contribution < -0.4 is 10.1 Å². The number of amides is 1. The molecular formula is C12H17NO4S. The Labute approximate surface area is 110 Å². The summed E-state index contributed by atoms with van der Waals surface area (Å²) in [5.41, 5.74) is 0. The van der Waals surface area contributed by atoms with Crippen molar-refractivity contribution < 1.29 is 19.1 Å². The van der Waals surface area contributed by atoms with E-state index < -0.39 is 12.0 Å². The summed E-state index contributed by atoms with van der Waals surface area (Å²) in [5.74, 6) is -0.151. The smallest absolute Gasteiger partial charge is 0.328 e. The van der Waals surface area contributed by atoms with E-state index >= 15 is 0 Å². The first-order valence-corrected chi connectivity index (χ1v) is 6.38. The van der Waals surface area contributed by atoms with Gasteiger partial charge in [-0.1, -0.05) is 13.8 Å². The third kappa shape index (κ3) is 3.46. The minimum absolute atomic E-state index is 0.0387. The second kappa shape index (κ2) is 6.39. The van der Waals surface area contributed by atoms with Gasteiger partial charge in [-0.05, 0) is 5.92 Å². The summed E-state index contributed by atoms with van der Waals surface area (Å²) in [6.07, 6.45) is 0. The molecule has 0 aliphatic carbocycles. The Morgan fingerprint density at radius 1 is 1.33 bits per heavy atom. The first kappa shape index (κ1) is 14.5. The molecule has 1 atom stereocenters. The Morgan fingerprint density at radius 3 is 2.44 bits per heavy atom. The van der Waals surface area contributed by atoms with Gasteiger partial charge in [-0.3, -0.25) is 4.79 Å². The molecule has 18 heavy (non-hydrogen) atoms. The molecular weight excluding hydrogens is 254 g/mol. The number of hydrogen-bond donors (Lipinski definition) is 1. The second-order valence-corrected chi connectivity index (χ2v) is 4.98. The molecule has 0 spiro atoms. The molecule has 0 radical (unpaired) electrons. The van der Waals surface area contributed by atoms with Crippen LogP contribution in [0.2, 0.25) is 0 Å². The zero-order chi connectivity index (χ0) is 13.7. The quantitative estimate of drug-likeness (QED) is 0.828. The molecule has 0 saturated heterocycles. The predicted molar refractivity (Wildman–Crippen MR) is 69.0 cm³/mol. The maximum Gasteiger partial charge on any atom is 0.328 e. The first-order chi connectivity index (χ1) is 8.49. The largest absolute Gasteiger partial charge is 0.496 e. The molecule has 0 aliphatic heterocycles. The van der Waals surface area contributed by atoms with Crippen LogP contribution in [0.25, 0.3) is 0 Å². The highest BCUT2D eigenvalue weighted by Crippen LogP contribution is 2.21. The van der Waals surface area contributed by atoms with Gasteiger partial charge in [0.05, 0.1) is 19.1 Å². The Bertz CT molecular complexity index is 427. The van der Waals surface area contributed by atoms with E-state index in [-0.39, 0.29) is 11.8 Å². The van der Waals surface area contributed by atoms with Crippen molar-refractivity contribution >= 4 is 23.2 Å². The van der Waals surface area contributed by atoms with E-state index in [1.54, 1.807) is 11.4 Å². The summed E-state index contributed by atoms with van der Waals surface area (Å²) >= 11 is 1.27. The lowest BCUT2D eigenvalue weighted by Crippen LogP contribution is -2.44. The molecule has 0 fully saturated rings. The Hall–Kier alpha value is -1.56. The van der Waals surface area contributed by atoms with Crippen LogP contribution in [0.15, 0.2) is 11.4 Å². The average Bonchev–Trinajstić information content (AvgIpc) is 2.83. The lowest BCUT2D eigenvalue weighted by Gasteiger charge is -2.19. The van der Waals surface area contributed by atoms with Gasteiger partial charge in [-0.15, -0.1) is 11.3 Å². The molecule has 0 bridgehead atoms. The van der Waals surface area contributed by atoms with Crippen molar-refractivity contribution in [1.82, 2.24) is 5.32 Å². The van der Waals surface area contributed by atoms with E-state index in [1.165, 1.54) is 25.6 Å². The molecule has 1 amide bonds. The van der Waals surface area contributed by atoms with Crippen molar-refractivity contribution in [3.05, 3.63) is 16.3 Å². The Morgan fingerprint density at radius 2 is 2.00 bits per heavy atom. The molecule has 0 saturated carbocycles. The zero-order valence-corrected chi connectivity index (χ0v) is 11.7. The van der Waals surface area contributed by atoms with Crippen molar-refractivity contribution in [3.8, 4) is 5.75 Å². The van der Waals surface area contributed by atoms with E-state index in [1.807, 2.05) is 13.8 Å². The highest BCUT2D eigenvalue weighted by Gasteiger charge is 2.25. The number of hydrogen-bond acceptors (Lipinski definition) is 5. The Kier molecular flexibility index (Phi) is 5.15. The van der Waals surface area contributed by atoms with E-state index in [9.17, 15) is 9.59 Å².